The molecule has 0 bridgehead atoms. The van der Waals surface area contributed by atoms with Crippen molar-refractivity contribution in [2.45, 2.75) is 39.2 Å². The van der Waals surface area contributed by atoms with Crippen LogP contribution >= 0.6 is 0 Å². The smallest absolute Gasteiger partial charge is 0.274 e. The van der Waals surface area contributed by atoms with Crippen LogP contribution in [-0.2, 0) is 5.54 Å². The molecule has 0 saturated carbocycles. The molecular formula is C16H19N5O2. The summed E-state index contributed by atoms with van der Waals surface area (Å²) in [5.74, 6) is 0.329. The Morgan fingerprint density at radius 3 is 2.70 bits per heavy atom. The molecule has 2 aromatic heterocycles. The van der Waals surface area contributed by atoms with Crippen LogP contribution in [0.25, 0.3) is 0 Å². The Kier molecular flexibility index (Phi) is 3.71. The maximum absolute atomic E-state index is 12.8. The average Bonchev–Trinajstić information content (AvgIpc) is 2.89. The lowest BCUT2D eigenvalue weighted by Gasteiger charge is -2.34. The van der Waals surface area contributed by atoms with Crippen LogP contribution < -0.4 is 5.56 Å². The first-order valence-electron chi connectivity index (χ1n) is 7.59. The molecule has 1 aliphatic heterocycles. The third-order valence-corrected chi connectivity index (χ3v) is 4.27. The minimum Gasteiger partial charge on any atom is -0.325 e. The van der Waals surface area contributed by atoms with Gasteiger partial charge < -0.3 is 9.88 Å². The van der Waals surface area contributed by atoms with Crippen molar-refractivity contribution in [3.8, 4) is 0 Å². The number of carbonyl (C=O) groups is 1. The molecule has 120 valence electrons. The van der Waals surface area contributed by atoms with Crippen LogP contribution in [0.4, 0.5) is 0 Å². The van der Waals surface area contributed by atoms with Gasteiger partial charge in [0.05, 0.1) is 17.4 Å². The van der Waals surface area contributed by atoms with Crippen molar-refractivity contribution in [2.24, 2.45) is 0 Å². The van der Waals surface area contributed by atoms with Crippen molar-refractivity contribution < 1.29 is 4.79 Å². The summed E-state index contributed by atoms with van der Waals surface area (Å²) >= 11 is 0. The fraction of sp³-hybridized carbons (Fsp3) is 0.438. The van der Waals surface area contributed by atoms with Crippen LogP contribution in [0.5, 0.6) is 0 Å². The van der Waals surface area contributed by atoms with E-state index in [0.29, 0.717) is 23.8 Å². The lowest BCUT2D eigenvalue weighted by molar-refractivity contribution is 0.0596. The van der Waals surface area contributed by atoms with E-state index in [-0.39, 0.29) is 11.5 Å². The molecule has 0 unspecified atom stereocenters. The molecule has 1 aliphatic rings. The van der Waals surface area contributed by atoms with E-state index in [2.05, 4.69) is 19.9 Å². The Labute approximate surface area is 133 Å². The van der Waals surface area contributed by atoms with E-state index in [9.17, 15) is 9.59 Å². The Balaban J connectivity index is 2.00. The van der Waals surface area contributed by atoms with E-state index in [1.807, 2.05) is 13.8 Å². The zero-order valence-corrected chi connectivity index (χ0v) is 13.5. The van der Waals surface area contributed by atoms with E-state index in [0.717, 1.165) is 18.5 Å². The molecule has 1 atom stereocenters. The van der Waals surface area contributed by atoms with Gasteiger partial charge in [0.2, 0.25) is 0 Å². The van der Waals surface area contributed by atoms with Crippen molar-refractivity contribution >= 4 is 5.91 Å². The highest BCUT2D eigenvalue weighted by molar-refractivity contribution is 5.92. The maximum atomic E-state index is 12.8. The first kappa shape index (κ1) is 15.3. The Morgan fingerprint density at radius 1 is 1.26 bits per heavy atom. The van der Waals surface area contributed by atoms with Gasteiger partial charge in [-0.1, -0.05) is 0 Å². The standard InChI is InChI=1S/C16H19N5O2/c1-10-7-13(22)20-15(19-10)16(3)5-4-6-21(16)14(23)12-9-17-11(2)8-18-12/h7-9H,4-6H2,1-3H3,(H,19,20,22)/t16-/m0/s1. The summed E-state index contributed by atoms with van der Waals surface area (Å²) in [5, 5.41) is 0. The number of likely N-dealkylation sites (tertiary alicyclic amines) is 1. The first-order chi connectivity index (χ1) is 10.9. The molecule has 1 saturated heterocycles. The van der Waals surface area contributed by atoms with Crippen molar-refractivity contribution in [1.82, 2.24) is 24.8 Å². The molecule has 1 N–H and O–H groups in total. The molecule has 1 fully saturated rings. The molecule has 23 heavy (non-hydrogen) atoms. The van der Waals surface area contributed by atoms with Crippen LogP contribution in [-0.4, -0.2) is 37.3 Å². The molecule has 0 radical (unpaired) electrons. The van der Waals surface area contributed by atoms with E-state index >= 15 is 0 Å². The van der Waals surface area contributed by atoms with Gasteiger partial charge >= 0.3 is 0 Å². The van der Waals surface area contributed by atoms with Crippen molar-refractivity contribution in [1.29, 1.82) is 0 Å². The number of amides is 1. The predicted molar refractivity (Wildman–Crippen MR) is 84.0 cm³/mol. The minimum atomic E-state index is -0.644. The number of nitrogens with zero attached hydrogens (tertiary/aromatic N) is 4. The molecular weight excluding hydrogens is 294 g/mol. The number of nitrogens with one attached hydrogen (secondary N) is 1. The summed E-state index contributed by atoms with van der Waals surface area (Å²) in [4.78, 5) is 41.8. The molecule has 1 amide bonds. The third-order valence-electron chi connectivity index (χ3n) is 4.27. The zero-order chi connectivity index (χ0) is 16.6. The van der Waals surface area contributed by atoms with Crippen molar-refractivity contribution in [3.05, 3.63) is 51.7 Å². The van der Waals surface area contributed by atoms with Crippen molar-refractivity contribution in [3.63, 3.8) is 0 Å². The van der Waals surface area contributed by atoms with Gasteiger partial charge in [-0.05, 0) is 33.6 Å². The number of rotatable bonds is 2. The lowest BCUT2D eigenvalue weighted by atomic mass is 9.97. The Bertz CT molecular complexity index is 799. The monoisotopic (exact) mass is 313 g/mol. The van der Waals surface area contributed by atoms with Gasteiger partial charge in [0, 0.05) is 24.5 Å². The van der Waals surface area contributed by atoms with E-state index in [1.54, 1.807) is 18.0 Å². The van der Waals surface area contributed by atoms with Gasteiger partial charge in [0.25, 0.3) is 11.5 Å². The summed E-state index contributed by atoms with van der Waals surface area (Å²) in [6, 6.07) is 1.44. The Hall–Kier alpha value is -2.57. The summed E-state index contributed by atoms with van der Waals surface area (Å²) in [6.45, 7) is 6.12. The highest BCUT2D eigenvalue weighted by Gasteiger charge is 2.43. The maximum Gasteiger partial charge on any atom is 0.274 e. The van der Waals surface area contributed by atoms with Crippen LogP contribution in [0.15, 0.2) is 23.3 Å². The molecule has 0 aromatic carbocycles. The molecule has 3 heterocycles. The number of hydrogen-bond acceptors (Lipinski definition) is 5. The van der Waals surface area contributed by atoms with Gasteiger partial charge in [0.1, 0.15) is 11.5 Å². The average molecular weight is 313 g/mol. The Morgan fingerprint density at radius 2 is 2.04 bits per heavy atom. The number of aromatic nitrogens is 4. The second-order valence-corrected chi connectivity index (χ2v) is 6.11. The quantitative estimate of drug-likeness (QED) is 0.903. The highest BCUT2D eigenvalue weighted by Crippen LogP contribution is 2.37. The van der Waals surface area contributed by atoms with Crippen LogP contribution in [0, 0.1) is 13.8 Å². The second kappa shape index (κ2) is 5.57. The number of aromatic amines is 1. The SMILES string of the molecule is Cc1cnc(C(=O)N2CCC[C@@]2(C)c2nc(C)cc(=O)[nH]2)cn1. The van der Waals surface area contributed by atoms with E-state index in [1.165, 1.54) is 12.3 Å². The predicted octanol–water partition coefficient (Wildman–Crippen LogP) is 1.33. The van der Waals surface area contributed by atoms with Gasteiger partial charge in [-0.15, -0.1) is 0 Å². The summed E-state index contributed by atoms with van der Waals surface area (Å²) in [6.07, 6.45) is 4.65. The van der Waals surface area contributed by atoms with Crippen LogP contribution in [0.1, 0.15) is 47.5 Å². The number of aryl methyl sites for hydroxylation is 2. The van der Waals surface area contributed by atoms with Crippen molar-refractivity contribution in [2.75, 3.05) is 6.54 Å². The first-order valence-corrected chi connectivity index (χ1v) is 7.59. The molecule has 0 aliphatic carbocycles. The molecule has 3 rings (SSSR count). The fourth-order valence-corrected chi connectivity index (χ4v) is 3.01. The lowest BCUT2D eigenvalue weighted by Crippen LogP contribution is -2.45. The van der Waals surface area contributed by atoms with Crippen LogP contribution in [0.3, 0.4) is 0 Å². The minimum absolute atomic E-state index is 0.193. The molecule has 7 nitrogen and oxygen atoms in total. The van der Waals surface area contributed by atoms with E-state index in [4.69, 9.17) is 0 Å². The normalized spacial score (nSPS) is 20.7. The fourth-order valence-electron chi connectivity index (χ4n) is 3.01. The summed E-state index contributed by atoms with van der Waals surface area (Å²) in [7, 11) is 0. The topological polar surface area (TPSA) is 91.8 Å². The largest absolute Gasteiger partial charge is 0.325 e. The highest BCUT2D eigenvalue weighted by atomic mass is 16.2. The number of H-pyrrole nitrogens is 1. The number of hydrogen-bond donors (Lipinski definition) is 1. The van der Waals surface area contributed by atoms with E-state index < -0.39 is 5.54 Å². The summed E-state index contributed by atoms with van der Waals surface area (Å²) in [5.41, 5.74) is 0.853. The molecule has 0 spiro atoms. The van der Waals surface area contributed by atoms with Gasteiger partial charge in [-0.2, -0.15) is 0 Å². The number of carbonyl (C=O) groups excluding carboxylic acids is 1. The molecule has 2 aromatic rings. The van der Waals surface area contributed by atoms with Gasteiger partial charge in [0.15, 0.2) is 0 Å². The van der Waals surface area contributed by atoms with Gasteiger partial charge in [-0.25, -0.2) is 9.97 Å². The summed E-state index contributed by atoms with van der Waals surface area (Å²) < 4.78 is 0. The molecule has 7 heteroatoms. The van der Waals surface area contributed by atoms with Crippen LogP contribution in [0.2, 0.25) is 0 Å². The van der Waals surface area contributed by atoms with Gasteiger partial charge in [-0.3, -0.25) is 14.6 Å². The second-order valence-electron chi connectivity index (χ2n) is 6.11. The zero-order valence-electron chi connectivity index (χ0n) is 13.5. The third kappa shape index (κ3) is 2.74.